The molecular weight excluding hydrogens is 266 g/mol. The number of aliphatic carboxylic acids is 1. The van der Waals surface area contributed by atoms with E-state index in [0.717, 1.165) is 44.1 Å². The maximum atomic E-state index is 12.8. The van der Waals surface area contributed by atoms with Crippen molar-refractivity contribution in [3.8, 4) is 0 Å². The zero-order valence-electron chi connectivity index (χ0n) is 12.8. The summed E-state index contributed by atoms with van der Waals surface area (Å²) in [6, 6.07) is -0.0564. The number of likely N-dealkylation sites (tertiary alicyclic amines) is 1. The van der Waals surface area contributed by atoms with Crippen molar-refractivity contribution in [3.63, 3.8) is 0 Å². The Morgan fingerprint density at radius 2 is 1.71 bits per heavy atom. The molecule has 4 nitrogen and oxygen atoms in total. The van der Waals surface area contributed by atoms with Gasteiger partial charge in [0.25, 0.3) is 0 Å². The lowest BCUT2D eigenvalue weighted by atomic mass is 9.67. The summed E-state index contributed by atoms with van der Waals surface area (Å²) in [5, 5.41) is 9.00. The number of hydrogen-bond donors (Lipinski definition) is 1. The van der Waals surface area contributed by atoms with Gasteiger partial charge in [-0.1, -0.05) is 25.7 Å². The number of amides is 1. The van der Waals surface area contributed by atoms with Gasteiger partial charge in [-0.2, -0.15) is 0 Å². The third-order valence-electron chi connectivity index (χ3n) is 5.96. The van der Waals surface area contributed by atoms with Crippen LogP contribution in [-0.4, -0.2) is 34.5 Å². The minimum absolute atomic E-state index is 0.0564. The van der Waals surface area contributed by atoms with E-state index >= 15 is 0 Å². The number of carboxylic acids is 1. The van der Waals surface area contributed by atoms with Crippen LogP contribution in [0, 0.1) is 17.8 Å². The van der Waals surface area contributed by atoms with E-state index in [2.05, 4.69) is 0 Å². The van der Waals surface area contributed by atoms with Crippen LogP contribution >= 0.6 is 0 Å². The molecule has 21 heavy (non-hydrogen) atoms. The predicted molar refractivity (Wildman–Crippen MR) is 79.8 cm³/mol. The molecule has 1 heterocycles. The van der Waals surface area contributed by atoms with Crippen LogP contribution in [0.5, 0.6) is 0 Å². The average Bonchev–Trinajstić information content (AvgIpc) is 2.93. The zero-order chi connectivity index (χ0) is 14.8. The molecule has 3 aliphatic rings. The fourth-order valence-electron chi connectivity index (χ4n) is 4.87. The first-order chi connectivity index (χ1) is 10.1. The van der Waals surface area contributed by atoms with Crippen molar-refractivity contribution >= 4 is 11.9 Å². The van der Waals surface area contributed by atoms with E-state index in [1.165, 1.54) is 32.1 Å². The lowest BCUT2D eigenvalue weighted by molar-refractivity contribution is -0.142. The lowest BCUT2D eigenvalue weighted by Gasteiger charge is -2.40. The molecule has 0 radical (unpaired) electrons. The molecule has 1 saturated heterocycles. The van der Waals surface area contributed by atoms with Crippen molar-refractivity contribution in [3.05, 3.63) is 0 Å². The summed E-state index contributed by atoms with van der Waals surface area (Å²) < 4.78 is 0. The molecule has 2 aliphatic carbocycles. The highest BCUT2D eigenvalue weighted by atomic mass is 16.4. The summed E-state index contributed by atoms with van der Waals surface area (Å²) in [6.45, 7) is 0.765. The molecule has 1 amide bonds. The molecule has 4 atom stereocenters. The van der Waals surface area contributed by atoms with E-state index in [1.807, 2.05) is 4.90 Å². The van der Waals surface area contributed by atoms with Crippen molar-refractivity contribution in [2.24, 2.45) is 17.8 Å². The summed E-state index contributed by atoms with van der Waals surface area (Å²) in [5.74, 6) is 1.25. The fraction of sp³-hybridized carbons (Fsp3) is 0.882. The SMILES string of the molecule is O=C(O)CC1CCCN1C(=O)C1CCC2CCCCC2C1. The average molecular weight is 293 g/mol. The Hall–Kier alpha value is -1.06. The molecule has 3 rings (SSSR count). The Kier molecular flexibility index (Phi) is 4.51. The van der Waals surface area contributed by atoms with Crippen LogP contribution in [0.3, 0.4) is 0 Å². The summed E-state index contributed by atoms with van der Waals surface area (Å²) in [5.41, 5.74) is 0. The molecule has 1 aliphatic heterocycles. The van der Waals surface area contributed by atoms with Gasteiger partial charge < -0.3 is 10.0 Å². The second-order valence-electron chi connectivity index (χ2n) is 7.24. The molecule has 1 N–H and O–H groups in total. The number of fused-ring (bicyclic) bond motifs is 1. The van der Waals surface area contributed by atoms with E-state index < -0.39 is 5.97 Å². The molecule has 118 valence electrons. The maximum Gasteiger partial charge on any atom is 0.305 e. The van der Waals surface area contributed by atoms with E-state index in [4.69, 9.17) is 5.11 Å². The summed E-state index contributed by atoms with van der Waals surface area (Å²) in [4.78, 5) is 25.6. The smallest absolute Gasteiger partial charge is 0.305 e. The van der Waals surface area contributed by atoms with Crippen LogP contribution in [-0.2, 0) is 9.59 Å². The number of rotatable bonds is 3. The van der Waals surface area contributed by atoms with Crippen LogP contribution in [0.4, 0.5) is 0 Å². The Bertz CT molecular complexity index is 409. The Balaban J connectivity index is 1.60. The molecule has 4 unspecified atom stereocenters. The summed E-state index contributed by atoms with van der Waals surface area (Å²) >= 11 is 0. The lowest BCUT2D eigenvalue weighted by Crippen LogP contribution is -2.43. The third-order valence-corrected chi connectivity index (χ3v) is 5.96. The Labute approximate surface area is 126 Å². The quantitative estimate of drug-likeness (QED) is 0.870. The van der Waals surface area contributed by atoms with E-state index in [0.29, 0.717) is 0 Å². The Morgan fingerprint density at radius 1 is 0.952 bits per heavy atom. The van der Waals surface area contributed by atoms with E-state index in [-0.39, 0.29) is 24.3 Å². The number of nitrogens with zero attached hydrogens (tertiary/aromatic N) is 1. The van der Waals surface area contributed by atoms with Gasteiger partial charge in [-0.3, -0.25) is 9.59 Å². The molecule has 3 fully saturated rings. The number of carbonyl (C=O) groups excluding carboxylic acids is 1. The molecule has 0 aromatic rings. The summed E-state index contributed by atoms with van der Waals surface area (Å²) in [7, 11) is 0. The second-order valence-corrected chi connectivity index (χ2v) is 7.24. The van der Waals surface area contributed by atoms with Crippen LogP contribution < -0.4 is 0 Å². The van der Waals surface area contributed by atoms with Gasteiger partial charge in [-0.05, 0) is 43.9 Å². The van der Waals surface area contributed by atoms with Gasteiger partial charge in [0, 0.05) is 18.5 Å². The van der Waals surface area contributed by atoms with Gasteiger partial charge in [0.2, 0.25) is 5.91 Å². The highest BCUT2D eigenvalue weighted by Crippen LogP contribution is 2.43. The van der Waals surface area contributed by atoms with Crippen molar-refractivity contribution in [1.82, 2.24) is 4.90 Å². The monoisotopic (exact) mass is 293 g/mol. The molecule has 0 aromatic carbocycles. The van der Waals surface area contributed by atoms with Crippen LogP contribution in [0.1, 0.15) is 64.2 Å². The van der Waals surface area contributed by atoms with Gasteiger partial charge in [0.05, 0.1) is 6.42 Å². The molecule has 0 spiro atoms. The van der Waals surface area contributed by atoms with Crippen molar-refractivity contribution < 1.29 is 14.7 Å². The van der Waals surface area contributed by atoms with Gasteiger partial charge in [-0.25, -0.2) is 0 Å². The second kappa shape index (κ2) is 6.37. The topological polar surface area (TPSA) is 57.6 Å². The first-order valence-corrected chi connectivity index (χ1v) is 8.67. The molecule has 2 saturated carbocycles. The van der Waals surface area contributed by atoms with Gasteiger partial charge >= 0.3 is 5.97 Å². The summed E-state index contributed by atoms with van der Waals surface area (Å²) in [6.07, 6.45) is 10.6. The molecule has 0 aromatic heterocycles. The fourth-order valence-corrected chi connectivity index (χ4v) is 4.87. The van der Waals surface area contributed by atoms with Gasteiger partial charge in [-0.15, -0.1) is 0 Å². The molecule has 0 bridgehead atoms. The van der Waals surface area contributed by atoms with Gasteiger partial charge in [0.1, 0.15) is 0 Å². The van der Waals surface area contributed by atoms with E-state index in [1.54, 1.807) is 0 Å². The zero-order valence-corrected chi connectivity index (χ0v) is 12.8. The van der Waals surface area contributed by atoms with Crippen molar-refractivity contribution in [1.29, 1.82) is 0 Å². The highest BCUT2D eigenvalue weighted by molar-refractivity contribution is 5.80. The number of carboxylic acid groups (broad SMARTS) is 1. The maximum absolute atomic E-state index is 12.8. The predicted octanol–water partition coefficient (Wildman–Crippen LogP) is 3.06. The van der Waals surface area contributed by atoms with Crippen molar-refractivity contribution in [2.45, 2.75) is 70.3 Å². The highest BCUT2D eigenvalue weighted by Gasteiger charge is 2.39. The van der Waals surface area contributed by atoms with Crippen molar-refractivity contribution in [2.75, 3.05) is 6.54 Å². The minimum Gasteiger partial charge on any atom is -0.481 e. The molecule has 4 heteroatoms. The first kappa shape index (κ1) is 14.9. The first-order valence-electron chi connectivity index (χ1n) is 8.67. The normalized spacial score (nSPS) is 36.3. The van der Waals surface area contributed by atoms with E-state index in [9.17, 15) is 9.59 Å². The van der Waals surface area contributed by atoms with Crippen LogP contribution in [0.25, 0.3) is 0 Å². The molecular formula is C17H27NO3. The van der Waals surface area contributed by atoms with Gasteiger partial charge in [0.15, 0.2) is 0 Å². The largest absolute Gasteiger partial charge is 0.481 e. The number of carbonyl (C=O) groups is 2. The van der Waals surface area contributed by atoms with Crippen LogP contribution in [0.2, 0.25) is 0 Å². The Morgan fingerprint density at radius 3 is 2.48 bits per heavy atom. The number of hydrogen-bond acceptors (Lipinski definition) is 2. The third kappa shape index (κ3) is 3.24. The minimum atomic E-state index is -0.782. The van der Waals surface area contributed by atoms with Crippen LogP contribution in [0.15, 0.2) is 0 Å². The standard InChI is InChI=1S/C17H27NO3/c19-16(20)11-15-6-3-9-18(15)17(21)14-8-7-12-4-1-2-5-13(12)10-14/h12-15H,1-11H2,(H,19,20).